The number of carboxylic acid groups (broad SMARTS) is 4. The normalized spacial score (nSPS) is 14.9. The van der Waals surface area contributed by atoms with E-state index in [1.165, 1.54) is 88.8 Å². The van der Waals surface area contributed by atoms with E-state index in [4.69, 9.17) is 29.3 Å². The number of rotatable bonds is 24. The molecule has 0 fully saturated rings. The van der Waals surface area contributed by atoms with Gasteiger partial charge in [-0.2, -0.15) is 23.5 Å². The van der Waals surface area contributed by atoms with Crippen molar-refractivity contribution < 1.29 is 67.6 Å². The van der Waals surface area contributed by atoms with Gasteiger partial charge in [-0.3, -0.25) is 38.4 Å². The third-order valence-electron chi connectivity index (χ3n) is 17.5. The Morgan fingerprint density at radius 1 is 0.389 bits per heavy atom. The number of benzene rings is 2. The summed E-state index contributed by atoms with van der Waals surface area (Å²) in [7, 11) is 0. The number of Topliss-reactive ketones (excluding diaryl/α,β-unsaturated/α-hetero) is 4. The van der Waals surface area contributed by atoms with Crippen LogP contribution in [0.5, 0.6) is 0 Å². The van der Waals surface area contributed by atoms with Gasteiger partial charge in [0.2, 0.25) is 11.8 Å². The molecule has 0 aliphatic heterocycles. The first kappa shape index (κ1) is 121. The molecule has 0 bridgehead atoms. The van der Waals surface area contributed by atoms with E-state index in [1.54, 1.807) is 23.5 Å². The minimum absolute atomic E-state index is 0.0181. The summed E-state index contributed by atoms with van der Waals surface area (Å²) in [4.78, 5) is 91.8. The predicted molar refractivity (Wildman–Crippen MR) is 533 cm³/mol. The van der Waals surface area contributed by atoms with Crippen LogP contribution in [0, 0.1) is 38.9 Å². The molecule has 3 heterocycles. The molecule has 5 atom stereocenters. The van der Waals surface area contributed by atoms with Crippen LogP contribution in [0.3, 0.4) is 0 Å². The number of nitrogens with zero attached hydrogens (tertiary/aromatic N) is 7. The van der Waals surface area contributed by atoms with Crippen LogP contribution in [-0.2, 0) is 61.1 Å². The number of carbonyl (C=O) groups excluding carboxylic acids is 4. The van der Waals surface area contributed by atoms with E-state index < -0.39 is 46.2 Å². The zero-order chi connectivity index (χ0) is 98.9. The fourth-order valence-corrected chi connectivity index (χ4v) is 17.9. The second-order valence-corrected chi connectivity index (χ2v) is 58.9. The maximum Gasteiger partial charge on any atom is 0.317 e. The summed E-state index contributed by atoms with van der Waals surface area (Å²) in [5, 5.41) is 61.8. The number of carbonyl (C=O) groups is 8. The molecule has 5 aromatic rings. The summed E-state index contributed by atoms with van der Waals surface area (Å²) in [6.45, 7) is 87.0. The van der Waals surface area contributed by atoms with Crippen molar-refractivity contribution in [2.45, 2.75) is 427 Å². The quantitative estimate of drug-likeness (QED) is 0.0253. The average Bonchev–Trinajstić information content (AvgIpc) is 1.63. The van der Waals surface area contributed by atoms with E-state index in [2.05, 4.69) is 184 Å². The minimum Gasteiger partial charge on any atom is -0.481 e. The molecule has 0 radical (unpaired) electrons. The summed E-state index contributed by atoms with van der Waals surface area (Å²) in [5.41, 5.74) is 7.31. The van der Waals surface area contributed by atoms with Crippen molar-refractivity contribution in [3.05, 3.63) is 71.0 Å². The van der Waals surface area contributed by atoms with Crippen LogP contribution >= 0.6 is 70.6 Å². The van der Waals surface area contributed by atoms with Crippen LogP contribution in [0.15, 0.2) is 67.8 Å². The maximum atomic E-state index is 11.9. The van der Waals surface area contributed by atoms with Crippen LogP contribution in [-0.4, -0.2) is 153 Å². The molecule has 0 amide bonds. The highest BCUT2D eigenvalue weighted by Gasteiger charge is 2.38. The molecule has 1 aliphatic carbocycles. The Bertz CT molecular complexity index is 3970. The molecule has 21 nitrogen and oxygen atoms in total. The number of fused-ring (bicyclic) bond motifs is 1. The van der Waals surface area contributed by atoms with Gasteiger partial charge in [-0.25, -0.2) is 4.68 Å². The first-order valence-corrected chi connectivity index (χ1v) is 49.4. The highest BCUT2D eigenvalue weighted by molar-refractivity contribution is 8.02. The lowest BCUT2D eigenvalue weighted by Crippen LogP contribution is -2.30. The number of aliphatic carboxylic acids is 4. The van der Waals surface area contributed by atoms with E-state index in [-0.39, 0.29) is 108 Å². The van der Waals surface area contributed by atoms with E-state index in [0.29, 0.717) is 65.3 Å². The highest BCUT2D eigenvalue weighted by atomic mass is 32.2. The fraction of sp³-hybridized carbons (Fsp3) is 0.737. The molecule has 126 heavy (non-hydrogen) atoms. The monoisotopic (exact) mass is 1870 g/mol. The van der Waals surface area contributed by atoms with Crippen LogP contribution in [0.4, 0.5) is 0 Å². The Kier molecular flexibility index (Phi) is 47.2. The number of thioether (sulfide) groups is 6. The number of carboxylic acids is 4. The Morgan fingerprint density at radius 3 is 0.937 bits per heavy atom. The largest absolute Gasteiger partial charge is 0.481 e. The summed E-state index contributed by atoms with van der Waals surface area (Å²) in [6.07, 6.45) is 6.69. The van der Waals surface area contributed by atoms with Crippen molar-refractivity contribution in [1.82, 2.24) is 35.4 Å². The Hall–Kier alpha value is -5.48. The molecule has 4 N–H and O–H groups in total. The zero-order valence-electron chi connectivity index (χ0n) is 85.4. The van der Waals surface area contributed by atoms with Crippen molar-refractivity contribution in [2.75, 3.05) is 11.5 Å². The fourth-order valence-electron chi connectivity index (χ4n) is 12.0. The van der Waals surface area contributed by atoms with E-state index >= 15 is 0 Å². The topological polar surface area (TPSA) is 326 Å². The third kappa shape index (κ3) is 55.0. The summed E-state index contributed by atoms with van der Waals surface area (Å²) >= 11 is 8.90. The highest BCUT2D eigenvalue weighted by Crippen LogP contribution is 2.44. The third-order valence-corrected chi connectivity index (χ3v) is 24.9. The summed E-state index contributed by atoms with van der Waals surface area (Å²) in [5.74, 6) is -3.41. The molecule has 1 aliphatic rings. The molecule has 0 spiro atoms. The molecule has 0 saturated carbocycles. The SMILES string of the molecule is CC(C)(C)C1CCCCc2c1nnn2C(C)(C)C.CC(C)(C)CC(=O)C(CSC(C)(C)C)C(=O)O.CC(C)(C)CC(=O)C(CSC(C)(C)C)C(=O)O.CC(C)(C)CC(=O)CC(SC(C)(C)C)C(=O)O.CC(C)(C)CC(=O)CC(SC(C)(C)C)C(=O)O.CC(C)(C)Sc1nnc(-c2ccc(C(C)(C)C)cc2)o1.CC(C)(C)Sc1nnc(-c2ccc(C(C)(C)C)cc2)o1. The van der Waals surface area contributed by atoms with Gasteiger partial charge in [-0.05, 0) is 113 Å². The first-order chi connectivity index (χ1) is 56.2. The van der Waals surface area contributed by atoms with Gasteiger partial charge >= 0.3 is 23.9 Å². The van der Waals surface area contributed by atoms with Gasteiger partial charge in [-0.15, -0.1) is 49.0 Å². The van der Waals surface area contributed by atoms with Gasteiger partial charge in [0.15, 0.2) is 0 Å². The molecule has 3 aromatic heterocycles. The van der Waals surface area contributed by atoms with Crippen molar-refractivity contribution in [3.63, 3.8) is 0 Å². The lowest BCUT2D eigenvalue weighted by Gasteiger charge is -2.29. The molecular formula is C99H167N7O14S6. The number of hydrogen-bond donors (Lipinski definition) is 4. The second kappa shape index (κ2) is 49.3. The number of ketones is 4. The number of aromatic nitrogens is 7. The lowest BCUT2D eigenvalue weighted by molar-refractivity contribution is -0.147. The van der Waals surface area contributed by atoms with Crippen molar-refractivity contribution in [1.29, 1.82) is 0 Å². The molecule has 0 saturated heterocycles. The smallest absolute Gasteiger partial charge is 0.317 e. The summed E-state index contributed by atoms with van der Waals surface area (Å²) in [6, 6.07) is 16.6. The maximum absolute atomic E-state index is 11.9. The van der Waals surface area contributed by atoms with Gasteiger partial charge in [0.1, 0.15) is 45.5 Å². The Morgan fingerprint density at radius 2 is 0.698 bits per heavy atom. The Balaban J connectivity index is 0.00000145. The van der Waals surface area contributed by atoms with Crippen LogP contribution in [0.1, 0.15) is 377 Å². The van der Waals surface area contributed by atoms with Crippen LogP contribution in [0.2, 0.25) is 0 Å². The molecule has 718 valence electrons. The number of hydrogen-bond acceptors (Lipinski definition) is 22. The van der Waals surface area contributed by atoms with E-state index in [0.717, 1.165) is 17.5 Å². The van der Waals surface area contributed by atoms with Crippen molar-refractivity contribution >= 4 is 118 Å². The molecule has 2 aromatic carbocycles. The minimum atomic E-state index is -1.00. The van der Waals surface area contributed by atoms with Gasteiger partial charge in [0, 0.05) is 95.6 Å². The zero-order valence-corrected chi connectivity index (χ0v) is 90.3. The van der Waals surface area contributed by atoms with E-state index in [1.807, 2.05) is 190 Å². The Labute approximate surface area is 786 Å². The van der Waals surface area contributed by atoms with Gasteiger partial charge in [0.05, 0.1) is 16.9 Å². The van der Waals surface area contributed by atoms with E-state index in [9.17, 15) is 38.4 Å². The standard InChI is InChI=1S/2C16H22N2OS.C15H27N3.4C13H24O3S/c2*1-15(2,3)12-9-7-11(8-10-12)13-17-18-14(19-13)20-16(4,5)6;1-14(2,3)11-9-7-8-10-12-13(11)16-17-18(12)15(4,5)6;2*1-12(2,3)7-10(14)9(11(15)16)8-17-13(4,5)6;2*1-12(2,3)8-9(14)7-10(11(15)16)17-13(4,5)6/h2*7-10H,1-6H3;11H,7-10H2,1-6H3;2*9H,7-8H2,1-6H3,(H,15,16);2*10H,7-8H2,1-6H3,(H,15,16). The molecule has 5 unspecified atom stereocenters. The lowest BCUT2D eigenvalue weighted by atomic mass is 9.76. The second-order valence-electron chi connectivity index (χ2n) is 47.6. The van der Waals surface area contributed by atoms with Gasteiger partial charge in [0.25, 0.3) is 10.4 Å². The molecular weight excluding hydrogens is 1700 g/mol. The molecule has 27 heteroatoms. The van der Waals surface area contributed by atoms with Crippen LogP contribution < -0.4 is 0 Å². The van der Waals surface area contributed by atoms with Gasteiger partial charge in [-0.1, -0.05) is 329 Å². The first-order valence-electron chi connectivity index (χ1n) is 44.0. The van der Waals surface area contributed by atoms with Crippen molar-refractivity contribution in [2.24, 2.45) is 38.9 Å². The van der Waals surface area contributed by atoms with Crippen LogP contribution in [0.25, 0.3) is 22.9 Å². The van der Waals surface area contributed by atoms with Gasteiger partial charge < -0.3 is 29.3 Å². The molecule has 6 rings (SSSR count). The predicted octanol–water partition coefficient (Wildman–Crippen LogP) is 26.9. The van der Waals surface area contributed by atoms with Crippen molar-refractivity contribution in [3.8, 4) is 22.9 Å². The summed E-state index contributed by atoms with van der Waals surface area (Å²) < 4.78 is 13.4. The average molecular weight is 1870 g/mol.